The number of thioether (sulfide) groups is 1. The van der Waals surface area contributed by atoms with Gasteiger partial charge in [0.15, 0.2) is 0 Å². The van der Waals surface area contributed by atoms with Gasteiger partial charge in [0.05, 0.1) is 0 Å². The highest BCUT2D eigenvalue weighted by Crippen LogP contribution is 2.28. The van der Waals surface area contributed by atoms with Gasteiger partial charge < -0.3 is 15.4 Å². The van der Waals surface area contributed by atoms with Crippen LogP contribution >= 0.6 is 11.8 Å². The van der Waals surface area contributed by atoms with Gasteiger partial charge in [-0.05, 0) is 44.7 Å². The van der Waals surface area contributed by atoms with E-state index in [1.807, 2.05) is 0 Å². The van der Waals surface area contributed by atoms with E-state index in [2.05, 4.69) is 22.4 Å². The van der Waals surface area contributed by atoms with Crippen molar-refractivity contribution in [3.63, 3.8) is 0 Å². The van der Waals surface area contributed by atoms with Crippen LogP contribution in [0.3, 0.4) is 0 Å². The van der Waals surface area contributed by atoms with Crippen molar-refractivity contribution in [1.82, 2.24) is 10.6 Å². The molecule has 100 valence electrons. The molecule has 1 saturated heterocycles. The van der Waals surface area contributed by atoms with Crippen LogP contribution in [0.4, 0.5) is 0 Å². The van der Waals surface area contributed by atoms with E-state index >= 15 is 0 Å². The Morgan fingerprint density at radius 1 is 1.29 bits per heavy atom. The van der Waals surface area contributed by atoms with Gasteiger partial charge in [-0.15, -0.1) is 0 Å². The summed E-state index contributed by atoms with van der Waals surface area (Å²) in [5.41, 5.74) is 0. The SMILES string of the molecule is C(CNCCC1CSCCN1)COCC1CC1. The van der Waals surface area contributed by atoms with Crippen LogP contribution in [-0.2, 0) is 4.74 Å². The highest BCUT2D eigenvalue weighted by molar-refractivity contribution is 7.99. The molecule has 2 fully saturated rings. The Balaban J connectivity index is 1.31. The molecule has 1 aliphatic carbocycles. The average molecular weight is 258 g/mol. The van der Waals surface area contributed by atoms with Crippen LogP contribution in [0.2, 0.25) is 0 Å². The van der Waals surface area contributed by atoms with Crippen molar-refractivity contribution in [2.45, 2.75) is 31.7 Å². The van der Waals surface area contributed by atoms with Crippen LogP contribution in [-0.4, -0.2) is 50.4 Å². The van der Waals surface area contributed by atoms with Gasteiger partial charge in [-0.2, -0.15) is 11.8 Å². The number of nitrogens with one attached hydrogen (secondary N) is 2. The van der Waals surface area contributed by atoms with Crippen molar-refractivity contribution in [2.75, 3.05) is 44.4 Å². The molecule has 4 heteroatoms. The lowest BCUT2D eigenvalue weighted by Gasteiger charge is -2.23. The van der Waals surface area contributed by atoms with Gasteiger partial charge in [0.25, 0.3) is 0 Å². The lowest BCUT2D eigenvalue weighted by atomic mass is 10.2. The minimum atomic E-state index is 0.729. The van der Waals surface area contributed by atoms with Crippen LogP contribution in [0.5, 0.6) is 0 Å². The van der Waals surface area contributed by atoms with E-state index in [9.17, 15) is 0 Å². The van der Waals surface area contributed by atoms with Gasteiger partial charge >= 0.3 is 0 Å². The maximum absolute atomic E-state index is 5.60. The zero-order valence-electron chi connectivity index (χ0n) is 10.7. The molecule has 2 N–H and O–H groups in total. The van der Waals surface area contributed by atoms with Gasteiger partial charge in [-0.3, -0.25) is 0 Å². The molecule has 0 aromatic heterocycles. The summed E-state index contributed by atoms with van der Waals surface area (Å²) in [4.78, 5) is 0. The molecule has 2 aliphatic rings. The zero-order valence-corrected chi connectivity index (χ0v) is 11.6. The fourth-order valence-electron chi connectivity index (χ4n) is 2.04. The Labute approximate surface area is 109 Å². The number of hydrogen-bond acceptors (Lipinski definition) is 4. The molecule has 0 bridgehead atoms. The van der Waals surface area contributed by atoms with E-state index in [1.54, 1.807) is 0 Å². The minimum Gasteiger partial charge on any atom is -0.381 e. The summed E-state index contributed by atoms with van der Waals surface area (Å²) in [6, 6.07) is 0.729. The first kappa shape index (κ1) is 13.7. The van der Waals surface area contributed by atoms with E-state index in [0.717, 1.165) is 44.7 Å². The van der Waals surface area contributed by atoms with Crippen molar-refractivity contribution in [2.24, 2.45) is 5.92 Å². The third kappa shape index (κ3) is 6.65. The maximum atomic E-state index is 5.60. The molecule has 3 nitrogen and oxygen atoms in total. The van der Waals surface area contributed by atoms with Crippen LogP contribution in [0.25, 0.3) is 0 Å². The molecular formula is C13H26N2OS. The van der Waals surface area contributed by atoms with Crippen molar-refractivity contribution < 1.29 is 4.74 Å². The van der Waals surface area contributed by atoms with Gasteiger partial charge in [-0.25, -0.2) is 0 Å². The average Bonchev–Trinajstić information content (AvgIpc) is 3.18. The van der Waals surface area contributed by atoms with Crippen LogP contribution in [0.1, 0.15) is 25.7 Å². The molecule has 1 unspecified atom stereocenters. The summed E-state index contributed by atoms with van der Waals surface area (Å²) in [6.07, 6.45) is 5.20. The summed E-state index contributed by atoms with van der Waals surface area (Å²) < 4.78 is 5.60. The van der Waals surface area contributed by atoms with E-state index in [0.29, 0.717) is 0 Å². The molecule has 1 aliphatic heterocycles. The fraction of sp³-hybridized carbons (Fsp3) is 1.00. The molecule has 1 heterocycles. The van der Waals surface area contributed by atoms with Crippen LogP contribution in [0, 0.1) is 5.92 Å². The third-order valence-corrected chi connectivity index (χ3v) is 4.49. The quantitative estimate of drug-likeness (QED) is 0.614. The smallest absolute Gasteiger partial charge is 0.0494 e. The minimum absolute atomic E-state index is 0.729. The van der Waals surface area contributed by atoms with E-state index < -0.39 is 0 Å². The second-order valence-electron chi connectivity index (χ2n) is 5.14. The van der Waals surface area contributed by atoms with Crippen molar-refractivity contribution >= 4 is 11.8 Å². The second-order valence-corrected chi connectivity index (χ2v) is 6.29. The number of ether oxygens (including phenoxy) is 1. The molecule has 17 heavy (non-hydrogen) atoms. The van der Waals surface area contributed by atoms with E-state index in [4.69, 9.17) is 4.74 Å². The van der Waals surface area contributed by atoms with Gasteiger partial charge in [0.1, 0.15) is 0 Å². The molecule has 0 spiro atoms. The Morgan fingerprint density at radius 3 is 3.00 bits per heavy atom. The fourth-order valence-corrected chi connectivity index (χ4v) is 3.04. The highest BCUT2D eigenvalue weighted by atomic mass is 32.2. The Bertz CT molecular complexity index is 194. The maximum Gasteiger partial charge on any atom is 0.0494 e. The van der Waals surface area contributed by atoms with Crippen molar-refractivity contribution in [3.8, 4) is 0 Å². The molecule has 0 aromatic carbocycles. The first-order valence-electron chi connectivity index (χ1n) is 7.05. The van der Waals surface area contributed by atoms with Gasteiger partial charge in [-0.1, -0.05) is 0 Å². The van der Waals surface area contributed by atoms with E-state index in [1.165, 1.54) is 37.3 Å². The van der Waals surface area contributed by atoms with Gasteiger partial charge in [0.2, 0.25) is 0 Å². The lowest BCUT2D eigenvalue weighted by molar-refractivity contribution is 0.122. The topological polar surface area (TPSA) is 33.3 Å². The molecule has 1 saturated carbocycles. The van der Waals surface area contributed by atoms with Gasteiger partial charge in [0, 0.05) is 37.3 Å². The largest absolute Gasteiger partial charge is 0.381 e. The summed E-state index contributed by atoms with van der Waals surface area (Å²) in [5.74, 6) is 3.46. The first-order chi connectivity index (χ1) is 8.45. The summed E-state index contributed by atoms with van der Waals surface area (Å²) in [7, 11) is 0. The standard InChI is InChI=1S/C13H26N2OS/c1(8-16-10-12-2-3-12)5-14-6-4-13-11-17-9-7-15-13/h12-15H,1-11H2. The Kier molecular flexibility index (Phi) is 6.71. The number of hydrogen-bond donors (Lipinski definition) is 2. The third-order valence-electron chi connectivity index (χ3n) is 3.36. The summed E-state index contributed by atoms with van der Waals surface area (Å²) in [5, 5.41) is 7.07. The number of rotatable bonds is 9. The van der Waals surface area contributed by atoms with E-state index in [-0.39, 0.29) is 0 Å². The molecule has 0 amide bonds. The summed E-state index contributed by atoms with van der Waals surface area (Å²) in [6.45, 7) is 5.36. The molecule has 2 rings (SSSR count). The summed E-state index contributed by atoms with van der Waals surface area (Å²) >= 11 is 2.08. The Hall–Kier alpha value is 0.230. The predicted octanol–water partition coefficient (Wildman–Crippen LogP) is 1.49. The predicted molar refractivity (Wildman–Crippen MR) is 74.8 cm³/mol. The zero-order chi connectivity index (χ0) is 11.8. The normalized spacial score (nSPS) is 25.1. The Morgan fingerprint density at radius 2 is 2.24 bits per heavy atom. The molecular weight excluding hydrogens is 232 g/mol. The van der Waals surface area contributed by atoms with Crippen LogP contribution in [0.15, 0.2) is 0 Å². The second kappa shape index (κ2) is 8.35. The van der Waals surface area contributed by atoms with Crippen LogP contribution < -0.4 is 10.6 Å². The van der Waals surface area contributed by atoms with Crippen molar-refractivity contribution in [1.29, 1.82) is 0 Å². The highest BCUT2D eigenvalue weighted by Gasteiger charge is 2.20. The van der Waals surface area contributed by atoms with Crippen molar-refractivity contribution in [3.05, 3.63) is 0 Å². The molecule has 0 radical (unpaired) electrons. The molecule has 1 atom stereocenters. The molecule has 0 aromatic rings. The monoisotopic (exact) mass is 258 g/mol. The lowest BCUT2D eigenvalue weighted by Crippen LogP contribution is -2.39. The first-order valence-corrected chi connectivity index (χ1v) is 8.20.